The fourth-order valence-corrected chi connectivity index (χ4v) is 3.29. The van der Waals surface area contributed by atoms with Crippen molar-refractivity contribution in [2.45, 2.75) is 19.3 Å². The van der Waals surface area contributed by atoms with Crippen LogP contribution in [0.5, 0.6) is 5.75 Å². The van der Waals surface area contributed by atoms with Crippen LogP contribution in [-0.4, -0.2) is 22.8 Å². The summed E-state index contributed by atoms with van der Waals surface area (Å²) >= 11 is 0. The van der Waals surface area contributed by atoms with Gasteiger partial charge in [0.1, 0.15) is 5.75 Å². The van der Waals surface area contributed by atoms with Crippen molar-refractivity contribution in [1.29, 1.82) is 0 Å². The number of amides is 1. The zero-order chi connectivity index (χ0) is 17.2. The second-order valence-corrected chi connectivity index (χ2v) is 6.06. The van der Waals surface area contributed by atoms with Crippen LogP contribution in [0.1, 0.15) is 28.2 Å². The molecule has 0 saturated carbocycles. The number of hydrogen-bond acceptors (Lipinski definition) is 3. The van der Waals surface area contributed by atoms with Crippen LogP contribution in [0.15, 0.2) is 54.6 Å². The fourth-order valence-electron chi connectivity index (χ4n) is 3.29. The van der Waals surface area contributed by atoms with Crippen LogP contribution in [0.3, 0.4) is 0 Å². The molecule has 5 nitrogen and oxygen atoms in total. The van der Waals surface area contributed by atoms with Crippen LogP contribution < -0.4 is 10.1 Å². The van der Waals surface area contributed by atoms with Crippen LogP contribution in [0.25, 0.3) is 5.69 Å². The molecule has 1 N–H and O–H groups in total. The first kappa shape index (κ1) is 15.4. The third-order valence-corrected chi connectivity index (χ3v) is 4.47. The summed E-state index contributed by atoms with van der Waals surface area (Å²) < 4.78 is 7.11. The molecule has 25 heavy (non-hydrogen) atoms. The monoisotopic (exact) mass is 333 g/mol. The Morgan fingerprint density at radius 3 is 2.76 bits per heavy atom. The van der Waals surface area contributed by atoms with Gasteiger partial charge in [-0.05, 0) is 43.5 Å². The molecule has 1 amide bonds. The third kappa shape index (κ3) is 2.89. The van der Waals surface area contributed by atoms with Crippen molar-refractivity contribution >= 4 is 11.6 Å². The summed E-state index contributed by atoms with van der Waals surface area (Å²) in [5, 5.41) is 7.55. The van der Waals surface area contributed by atoms with Gasteiger partial charge < -0.3 is 10.1 Å². The molecular weight excluding hydrogens is 314 g/mol. The fraction of sp³-hybridized carbons (Fsp3) is 0.200. The molecule has 1 heterocycles. The number of nitrogens with zero attached hydrogens (tertiary/aromatic N) is 2. The molecule has 1 aliphatic carbocycles. The highest BCUT2D eigenvalue weighted by Gasteiger charge is 2.27. The van der Waals surface area contributed by atoms with Crippen molar-refractivity contribution < 1.29 is 9.53 Å². The van der Waals surface area contributed by atoms with E-state index in [1.165, 1.54) is 0 Å². The Bertz CT molecular complexity index is 916. The summed E-state index contributed by atoms with van der Waals surface area (Å²) in [6.07, 6.45) is 2.89. The summed E-state index contributed by atoms with van der Waals surface area (Å²) in [6, 6.07) is 17.3. The number of nitrogens with one attached hydrogen (secondary N) is 1. The minimum Gasteiger partial charge on any atom is -0.497 e. The minimum atomic E-state index is -0.180. The molecule has 4 rings (SSSR count). The number of anilines is 1. The summed E-state index contributed by atoms with van der Waals surface area (Å²) in [5.74, 6) is 0.527. The third-order valence-electron chi connectivity index (χ3n) is 4.47. The lowest BCUT2D eigenvalue weighted by atomic mass is 10.2. The van der Waals surface area contributed by atoms with Gasteiger partial charge in [-0.2, -0.15) is 5.10 Å². The van der Waals surface area contributed by atoms with Crippen molar-refractivity contribution in [2.24, 2.45) is 0 Å². The molecule has 0 aliphatic heterocycles. The number of aromatic nitrogens is 2. The maximum absolute atomic E-state index is 12.8. The van der Waals surface area contributed by atoms with Gasteiger partial charge in [-0.25, -0.2) is 4.68 Å². The molecule has 3 aromatic rings. The predicted molar refractivity (Wildman–Crippen MR) is 96.5 cm³/mol. The number of rotatable bonds is 4. The van der Waals surface area contributed by atoms with E-state index in [0.717, 1.165) is 36.2 Å². The molecular formula is C20H19N3O2. The first-order chi connectivity index (χ1) is 12.3. The number of carbonyl (C=O) groups excluding carboxylic acids is 1. The average molecular weight is 333 g/mol. The second kappa shape index (κ2) is 6.43. The standard InChI is InChI=1S/C20H19N3O2/c1-25-16-10-5-7-14(13-16)21-20(24)19-17-11-6-12-18(17)23(22-19)15-8-3-2-4-9-15/h2-5,7-10,13H,6,11-12H2,1H3,(H,21,24). The van der Waals surface area contributed by atoms with Crippen LogP contribution in [0, 0.1) is 0 Å². The lowest BCUT2D eigenvalue weighted by Crippen LogP contribution is -2.15. The number of hydrogen-bond donors (Lipinski definition) is 1. The second-order valence-electron chi connectivity index (χ2n) is 6.06. The predicted octanol–water partition coefficient (Wildman–Crippen LogP) is 3.62. The Balaban J connectivity index is 1.67. The Labute approximate surface area is 146 Å². The molecule has 5 heteroatoms. The summed E-state index contributed by atoms with van der Waals surface area (Å²) in [4.78, 5) is 12.8. The molecule has 0 atom stereocenters. The van der Waals surface area contributed by atoms with Crippen molar-refractivity contribution in [3.63, 3.8) is 0 Å². The molecule has 0 spiro atoms. The van der Waals surface area contributed by atoms with Gasteiger partial charge in [0.05, 0.1) is 12.8 Å². The van der Waals surface area contributed by atoms with Crippen molar-refractivity contribution in [2.75, 3.05) is 12.4 Å². The molecule has 0 radical (unpaired) electrons. The molecule has 2 aromatic carbocycles. The van der Waals surface area contributed by atoms with E-state index >= 15 is 0 Å². The normalized spacial score (nSPS) is 12.7. The van der Waals surface area contributed by atoms with Gasteiger partial charge in [-0.1, -0.05) is 24.3 Å². The van der Waals surface area contributed by atoms with Gasteiger partial charge in [0, 0.05) is 23.0 Å². The zero-order valence-electron chi connectivity index (χ0n) is 14.0. The average Bonchev–Trinajstić information content (AvgIpc) is 3.25. The summed E-state index contributed by atoms with van der Waals surface area (Å²) in [7, 11) is 1.61. The Morgan fingerprint density at radius 1 is 1.12 bits per heavy atom. The first-order valence-electron chi connectivity index (χ1n) is 8.38. The van der Waals surface area contributed by atoms with Gasteiger partial charge >= 0.3 is 0 Å². The lowest BCUT2D eigenvalue weighted by Gasteiger charge is -2.06. The van der Waals surface area contributed by atoms with E-state index in [1.54, 1.807) is 13.2 Å². The van der Waals surface area contributed by atoms with Gasteiger partial charge in [0.25, 0.3) is 5.91 Å². The van der Waals surface area contributed by atoms with Crippen molar-refractivity contribution in [1.82, 2.24) is 9.78 Å². The zero-order valence-corrected chi connectivity index (χ0v) is 14.0. The molecule has 126 valence electrons. The molecule has 0 saturated heterocycles. The Hall–Kier alpha value is -3.08. The van der Waals surface area contributed by atoms with E-state index in [0.29, 0.717) is 17.1 Å². The SMILES string of the molecule is COc1cccc(NC(=O)c2nn(-c3ccccc3)c3c2CCC3)c1. The molecule has 0 bridgehead atoms. The molecule has 0 unspecified atom stereocenters. The van der Waals surface area contributed by atoms with Gasteiger partial charge in [0.2, 0.25) is 0 Å². The lowest BCUT2D eigenvalue weighted by molar-refractivity contribution is 0.102. The van der Waals surface area contributed by atoms with Crippen LogP contribution in [0.2, 0.25) is 0 Å². The number of benzene rings is 2. The van der Waals surface area contributed by atoms with Crippen molar-refractivity contribution in [3.05, 3.63) is 71.5 Å². The van der Waals surface area contributed by atoms with E-state index in [9.17, 15) is 4.79 Å². The van der Waals surface area contributed by atoms with E-state index in [1.807, 2.05) is 53.2 Å². The largest absolute Gasteiger partial charge is 0.497 e. The van der Waals surface area contributed by atoms with Gasteiger partial charge in [0.15, 0.2) is 5.69 Å². The Kier molecular flexibility index (Phi) is 3.98. The maximum atomic E-state index is 12.8. The van der Waals surface area contributed by atoms with E-state index in [-0.39, 0.29) is 5.91 Å². The number of carbonyl (C=O) groups is 1. The summed E-state index contributed by atoms with van der Waals surface area (Å²) in [5.41, 5.74) is 4.40. The van der Waals surface area contributed by atoms with Crippen LogP contribution in [0.4, 0.5) is 5.69 Å². The number of para-hydroxylation sites is 1. The summed E-state index contributed by atoms with van der Waals surface area (Å²) in [6.45, 7) is 0. The van der Waals surface area contributed by atoms with E-state index in [4.69, 9.17) is 4.74 Å². The van der Waals surface area contributed by atoms with E-state index < -0.39 is 0 Å². The van der Waals surface area contributed by atoms with Gasteiger partial charge in [-0.15, -0.1) is 0 Å². The smallest absolute Gasteiger partial charge is 0.276 e. The molecule has 0 fully saturated rings. The number of ether oxygens (including phenoxy) is 1. The first-order valence-corrected chi connectivity index (χ1v) is 8.38. The molecule has 1 aliphatic rings. The number of methoxy groups -OCH3 is 1. The highest BCUT2D eigenvalue weighted by atomic mass is 16.5. The Morgan fingerprint density at radius 2 is 1.96 bits per heavy atom. The highest BCUT2D eigenvalue weighted by Crippen LogP contribution is 2.28. The van der Waals surface area contributed by atoms with Gasteiger partial charge in [-0.3, -0.25) is 4.79 Å². The van der Waals surface area contributed by atoms with Crippen LogP contribution >= 0.6 is 0 Å². The number of fused-ring (bicyclic) bond motifs is 1. The maximum Gasteiger partial charge on any atom is 0.276 e. The minimum absolute atomic E-state index is 0.180. The highest BCUT2D eigenvalue weighted by molar-refractivity contribution is 6.04. The topological polar surface area (TPSA) is 56.1 Å². The van der Waals surface area contributed by atoms with Crippen LogP contribution in [-0.2, 0) is 12.8 Å². The quantitative estimate of drug-likeness (QED) is 0.793. The molecule has 1 aromatic heterocycles. The van der Waals surface area contributed by atoms with Crippen molar-refractivity contribution in [3.8, 4) is 11.4 Å². The van der Waals surface area contributed by atoms with E-state index in [2.05, 4.69) is 10.4 Å².